The fourth-order valence-corrected chi connectivity index (χ4v) is 2.06. The first-order chi connectivity index (χ1) is 6.31. The monoisotopic (exact) mass is 229 g/mol. The SMILES string of the molecule is CN(CO)C(CO)(CO)CS(=O)(=O)O. The van der Waals surface area contributed by atoms with Crippen LogP contribution in [0.5, 0.6) is 0 Å². The van der Waals surface area contributed by atoms with Gasteiger partial charge in [0.1, 0.15) is 0 Å². The number of aliphatic hydroxyl groups excluding tert-OH is 3. The molecule has 0 fully saturated rings. The fourth-order valence-electron chi connectivity index (χ4n) is 0.982. The molecular formula is C6H15NO6S. The summed E-state index contributed by atoms with van der Waals surface area (Å²) in [7, 11) is -3.02. The van der Waals surface area contributed by atoms with Crippen molar-refractivity contribution in [2.75, 3.05) is 32.7 Å². The van der Waals surface area contributed by atoms with Crippen LogP contribution in [-0.2, 0) is 10.1 Å². The normalized spacial score (nSPS) is 13.6. The van der Waals surface area contributed by atoms with E-state index in [0.29, 0.717) is 0 Å². The summed E-state index contributed by atoms with van der Waals surface area (Å²) in [6.45, 7) is -1.93. The third-order valence-corrected chi connectivity index (χ3v) is 2.96. The van der Waals surface area contributed by atoms with Crippen LogP contribution in [0.15, 0.2) is 0 Å². The first kappa shape index (κ1) is 13.8. The number of likely N-dealkylation sites (N-methyl/N-ethyl adjacent to an activating group) is 1. The van der Waals surface area contributed by atoms with Gasteiger partial charge in [0.15, 0.2) is 0 Å². The van der Waals surface area contributed by atoms with Crippen LogP contribution in [0.25, 0.3) is 0 Å². The zero-order valence-electron chi connectivity index (χ0n) is 7.79. The second-order valence-electron chi connectivity index (χ2n) is 3.11. The number of nitrogens with zero attached hydrogens (tertiary/aromatic N) is 1. The lowest BCUT2D eigenvalue weighted by molar-refractivity contribution is -0.0275. The van der Waals surface area contributed by atoms with E-state index in [2.05, 4.69) is 0 Å². The highest BCUT2D eigenvalue weighted by atomic mass is 32.2. The molecule has 0 aliphatic rings. The van der Waals surface area contributed by atoms with Crippen LogP contribution in [0.4, 0.5) is 0 Å². The van der Waals surface area contributed by atoms with E-state index < -0.39 is 41.4 Å². The Morgan fingerprint density at radius 1 is 1.21 bits per heavy atom. The maximum absolute atomic E-state index is 10.6. The minimum Gasteiger partial charge on any atom is -0.394 e. The second kappa shape index (κ2) is 5.01. The molecule has 0 aromatic carbocycles. The maximum Gasteiger partial charge on any atom is 0.266 e. The van der Waals surface area contributed by atoms with Crippen molar-refractivity contribution in [3.05, 3.63) is 0 Å². The molecule has 86 valence electrons. The predicted molar refractivity (Wildman–Crippen MR) is 48.2 cm³/mol. The quantitative estimate of drug-likeness (QED) is 0.293. The second-order valence-corrected chi connectivity index (χ2v) is 4.56. The molecule has 0 spiro atoms. The van der Waals surface area contributed by atoms with Crippen molar-refractivity contribution in [3.8, 4) is 0 Å². The number of rotatable bonds is 6. The molecule has 0 aliphatic heterocycles. The van der Waals surface area contributed by atoms with Crippen molar-refractivity contribution in [1.29, 1.82) is 0 Å². The Balaban J connectivity index is 4.88. The molecule has 0 aromatic rings. The standard InChI is InChI=1S/C6H15NO6S/c1-7(5-10)6(2-8,3-9)4-14(11,12)13/h8-10H,2-5H2,1H3,(H,11,12,13). The zero-order chi connectivity index (χ0) is 11.4. The topological polar surface area (TPSA) is 118 Å². The molecule has 0 aromatic heterocycles. The molecular weight excluding hydrogens is 214 g/mol. The van der Waals surface area contributed by atoms with E-state index in [0.717, 1.165) is 4.90 Å². The molecule has 7 nitrogen and oxygen atoms in total. The minimum absolute atomic E-state index is 0.545. The molecule has 0 bridgehead atoms. The van der Waals surface area contributed by atoms with Gasteiger partial charge >= 0.3 is 0 Å². The van der Waals surface area contributed by atoms with Gasteiger partial charge in [-0.1, -0.05) is 0 Å². The Morgan fingerprint density at radius 3 is 1.86 bits per heavy atom. The number of hydrogen-bond donors (Lipinski definition) is 4. The van der Waals surface area contributed by atoms with Crippen molar-refractivity contribution >= 4 is 10.1 Å². The molecule has 0 aliphatic carbocycles. The summed E-state index contributed by atoms with van der Waals surface area (Å²) in [5.74, 6) is -0.843. The van der Waals surface area contributed by atoms with Gasteiger partial charge in [0.25, 0.3) is 10.1 Å². The molecule has 0 rings (SSSR count). The molecule has 8 heteroatoms. The van der Waals surface area contributed by atoms with Gasteiger partial charge in [-0.05, 0) is 7.05 Å². The van der Waals surface area contributed by atoms with Crippen molar-refractivity contribution in [2.24, 2.45) is 0 Å². The molecule has 0 saturated heterocycles. The lowest BCUT2D eigenvalue weighted by Crippen LogP contribution is -2.57. The highest BCUT2D eigenvalue weighted by Crippen LogP contribution is 2.14. The van der Waals surface area contributed by atoms with Gasteiger partial charge in [-0.15, -0.1) is 0 Å². The highest BCUT2D eigenvalue weighted by molar-refractivity contribution is 7.85. The third-order valence-electron chi connectivity index (χ3n) is 2.06. The summed E-state index contributed by atoms with van der Waals surface area (Å²) >= 11 is 0. The summed E-state index contributed by atoms with van der Waals surface area (Å²) < 4.78 is 29.8. The third kappa shape index (κ3) is 3.48. The predicted octanol–water partition coefficient (Wildman–Crippen LogP) is -2.52. The molecule has 0 radical (unpaired) electrons. The van der Waals surface area contributed by atoms with Crippen LogP contribution in [0, 0.1) is 0 Å². The molecule has 0 unspecified atom stereocenters. The van der Waals surface area contributed by atoms with E-state index in [-0.39, 0.29) is 0 Å². The summed E-state index contributed by atoms with van der Waals surface area (Å²) in [4.78, 5) is 1.04. The Morgan fingerprint density at radius 2 is 1.64 bits per heavy atom. The Labute approximate surface area is 82.3 Å². The van der Waals surface area contributed by atoms with Crippen molar-refractivity contribution in [3.63, 3.8) is 0 Å². The average Bonchev–Trinajstić information content (AvgIpc) is 2.11. The van der Waals surface area contributed by atoms with E-state index >= 15 is 0 Å². The molecule has 14 heavy (non-hydrogen) atoms. The summed E-state index contributed by atoms with van der Waals surface area (Å²) in [5, 5.41) is 26.7. The van der Waals surface area contributed by atoms with E-state index in [9.17, 15) is 8.42 Å². The van der Waals surface area contributed by atoms with Gasteiger partial charge in [-0.3, -0.25) is 9.45 Å². The Bertz CT molecular complexity index is 259. The minimum atomic E-state index is -4.33. The van der Waals surface area contributed by atoms with E-state index in [4.69, 9.17) is 19.9 Å². The van der Waals surface area contributed by atoms with Crippen LogP contribution in [0.1, 0.15) is 0 Å². The number of aliphatic hydroxyl groups is 3. The number of hydrogen-bond acceptors (Lipinski definition) is 6. The summed E-state index contributed by atoms with van der Waals surface area (Å²) in [5.41, 5.74) is -1.57. The molecule has 0 saturated carbocycles. The summed E-state index contributed by atoms with van der Waals surface area (Å²) in [6, 6.07) is 0. The van der Waals surface area contributed by atoms with E-state index in [1.807, 2.05) is 0 Å². The van der Waals surface area contributed by atoms with Crippen LogP contribution in [0.2, 0.25) is 0 Å². The van der Waals surface area contributed by atoms with E-state index in [1.54, 1.807) is 0 Å². The lowest BCUT2D eigenvalue weighted by atomic mass is 10.0. The smallest absolute Gasteiger partial charge is 0.266 e. The van der Waals surface area contributed by atoms with Crippen LogP contribution >= 0.6 is 0 Å². The van der Waals surface area contributed by atoms with Crippen LogP contribution in [0.3, 0.4) is 0 Å². The molecule has 0 heterocycles. The van der Waals surface area contributed by atoms with Gasteiger partial charge in [0.2, 0.25) is 0 Å². The van der Waals surface area contributed by atoms with Gasteiger partial charge < -0.3 is 15.3 Å². The average molecular weight is 229 g/mol. The van der Waals surface area contributed by atoms with Gasteiger partial charge in [0.05, 0.1) is 31.2 Å². The van der Waals surface area contributed by atoms with Crippen LogP contribution < -0.4 is 0 Å². The van der Waals surface area contributed by atoms with Crippen molar-refractivity contribution < 1.29 is 28.3 Å². The first-order valence-corrected chi connectivity index (χ1v) is 5.41. The van der Waals surface area contributed by atoms with Crippen LogP contribution in [-0.4, -0.2) is 71.5 Å². The fraction of sp³-hybridized carbons (Fsp3) is 1.00. The summed E-state index contributed by atoms with van der Waals surface area (Å²) in [6.07, 6.45) is 0. The molecule has 0 atom stereocenters. The van der Waals surface area contributed by atoms with Gasteiger partial charge in [-0.25, -0.2) is 0 Å². The largest absolute Gasteiger partial charge is 0.394 e. The van der Waals surface area contributed by atoms with Crippen molar-refractivity contribution in [2.45, 2.75) is 5.54 Å². The first-order valence-electron chi connectivity index (χ1n) is 3.80. The van der Waals surface area contributed by atoms with Gasteiger partial charge in [-0.2, -0.15) is 8.42 Å². The highest BCUT2D eigenvalue weighted by Gasteiger charge is 2.37. The van der Waals surface area contributed by atoms with Gasteiger partial charge in [0, 0.05) is 0 Å². The Kier molecular flexibility index (Phi) is 4.92. The van der Waals surface area contributed by atoms with E-state index in [1.165, 1.54) is 7.05 Å². The maximum atomic E-state index is 10.6. The molecule has 4 N–H and O–H groups in total. The Hall–Kier alpha value is -0.250. The van der Waals surface area contributed by atoms with Crippen molar-refractivity contribution in [1.82, 2.24) is 4.90 Å². The zero-order valence-corrected chi connectivity index (χ0v) is 8.61. The molecule has 0 amide bonds. The lowest BCUT2D eigenvalue weighted by Gasteiger charge is -2.36.